The van der Waals surface area contributed by atoms with E-state index in [2.05, 4.69) is 30.9 Å². The van der Waals surface area contributed by atoms with Crippen molar-refractivity contribution < 1.29 is 9.84 Å². The lowest BCUT2D eigenvalue weighted by Crippen LogP contribution is -2.32. The van der Waals surface area contributed by atoms with Gasteiger partial charge in [-0.2, -0.15) is 0 Å². The summed E-state index contributed by atoms with van der Waals surface area (Å²) in [6, 6.07) is 8.15. The van der Waals surface area contributed by atoms with Gasteiger partial charge >= 0.3 is 0 Å². The van der Waals surface area contributed by atoms with Crippen LogP contribution in [-0.4, -0.2) is 36.3 Å². The summed E-state index contributed by atoms with van der Waals surface area (Å²) in [6.07, 6.45) is 2.78. The Morgan fingerprint density at radius 1 is 1.26 bits per heavy atom. The zero-order chi connectivity index (χ0) is 14.1. The van der Waals surface area contributed by atoms with Gasteiger partial charge < -0.3 is 9.84 Å². The van der Waals surface area contributed by atoms with E-state index in [1.54, 1.807) is 7.11 Å². The van der Waals surface area contributed by atoms with Crippen molar-refractivity contribution in [3.05, 3.63) is 29.8 Å². The lowest BCUT2D eigenvalue weighted by atomic mass is 10.1. The van der Waals surface area contributed by atoms with E-state index in [4.69, 9.17) is 4.74 Å². The number of nitrogens with zero attached hydrogens (tertiary/aromatic N) is 1. The van der Waals surface area contributed by atoms with Crippen molar-refractivity contribution in [1.82, 2.24) is 4.90 Å². The molecule has 3 heteroatoms. The summed E-state index contributed by atoms with van der Waals surface area (Å²) in [5.41, 5.74) is 1.23. The zero-order valence-corrected chi connectivity index (χ0v) is 12.4. The standard InChI is InChI=1S/C16H27NO2/c1-4-7-15(18)13-17(10-5-2)12-14-8-6-9-16(11-14)19-3/h6,8-9,11,15,18H,4-5,7,10,12-13H2,1-3H3/t15-/m0/s1. The average Bonchev–Trinajstić information content (AvgIpc) is 2.39. The van der Waals surface area contributed by atoms with E-state index in [1.807, 2.05) is 12.1 Å². The molecule has 3 nitrogen and oxygen atoms in total. The molecule has 0 radical (unpaired) electrons. The Bertz CT molecular complexity index is 354. The number of rotatable bonds is 9. The van der Waals surface area contributed by atoms with Crippen molar-refractivity contribution in [3.63, 3.8) is 0 Å². The van der Waals surface area contributed by atoms with Crippen LogP contribution in [0.15, 0.2) is 24.3 Å². The monoisotopic (exact) mass is 265 g/mol. The third-order valence-corrected chi connectivity index (χ3v) is 3.17. The fourth-order valence-corrected chi connectivity index (χ4v) is 2.30. The molecule has 0 saturated carbocycles. The third kappa shape index (κ3) is 6.08. The van der Waals surface area contributed by atoms with Gasteiger partial charge in [-0.15, -0.1) is 0 Å². The summed E-state index contributed by atoms with van der Waals surface area (Å²) in [6.45, 7) is 6.91. The predicted octanol–water partition coefficient (Wildman–Crippen LogP) is 3.07. The normalized spacial score (nSPS) is 12.7. The van der Waals surface area contributed by atoms with Crippen LogP contribution in [0, 0.1) is 0 Å². The molecular formula is C16H27NO2. The maximum atomic E-state index is 9.96. The molecule has 0 bridgehead atoms. The summed E-state index contributed by atoms with van der Waals surface area (Å²) < 4.78 is 5.25. The van der Waals surface area contributed by atoms with Crippen LogP contribution >= 0.6 is 0 Å². The Kier molecular flexibility index (Phi) is 7.53. The minimum atomic E-state index is -0.220. The molecule has 0 unspecified atom stereocenters. The van der Waals surface area contributed by atoms with Gasteiger partial charge in [-0.25, -0.2) is 0 Å². The van der Waals surface area contributed by atoms with Crippen LogP contribution in [0.5, 0.6) is 5.75 Å². The number of aliphatic hydroxyl groups excluding tert-OH is 1. The SMILES string of the molecule is CCC[C@H](O)CN(CCC)Cc1cccc(OC)c1. The van der Waals surface area contributed by atoms with Gasteiger partial charge in [-0.1, -0.05) is 32.4 Å². The van der Waals surface area contributed by atoms with Crippen molar-refractivity contribution in [2.24, 2.45) is 0 Å². The van der Waals surface area contributed by atoms with E-state index in [0.717, 1.165) is 44.6 Å². The Morgan fingerprint density at radius 3 is 2.68 bits per heavy atom. The largest absolute Gasteiger partial charge is 0.497 e. The summed E-state index contributed by atoms with van der Waals surface area (Å²) in [5.74, 6) is 0.892. The van der Waals surface area contributed by atoms with Crippen molar-refractivity contribution >= 4 is 0 Å². The molecule has 1 atom stereocenters. The zero-order valence-electron chi connectivity index (χ0n) is 12.4. The highest BCUT2D eigenvalue weighted by atomic mass is 16.5. The van der Waals surface area contributed by atoms with Crippen LogP contribution in [0.4, 0.5) is 0 Å². The van der Waals surface area contributed by atoms with Crippen LogP contribution in [0.2, 0.25) is 0 Å². The molecule has 0 heterocycles. The first-order valence-electron chi connectivity index (χ1n) is 7.22. The molecule has 1 aromatic carbocycles. The fourth-order valence-electron chi connectivity index (χ4n) is 2.30. The Morgan fingerprint density at radius 2 is 2.05 bits per heavy atom. The molecule has 0 fully saturated rings. The first kappa shape index (κ1) is 16.0. The molecule has 0 aliphatic carbocycles. The number of benzene rings is 1. The Hall–Kier alpha value is -1.06. The van der Waals surface area contributed by atoms with Crippen molar-refractivity contribution in [1.29, 1.82) is 0 Å². The van der Waals surface area contributed by atoms with Crippen LogP contribution in [0.3, 0.4) is 0 Å². The molecule has 1 rings (SSSR count). The number of hydrogen-bond donors (Lipinski definition) is 1. The topological polar surface area (TPSA) is 32.7 Å². The van der Waals surface area contributed by atoms with Gasteiger partial charge in [-0.3, -0.25) is 4.90 Å². The molecule has 19 heavy (non-hydrogen) atoms. The second kappa shape index (κ2) is 8.94. The molecule has 0 spiro atoms. The molecule has 0 saturated heterocycles. The van der Waals surface area contributed by atoms with Crippen LogP contribution in [0.1, 0.15) is 38.7 Å². The Labute approximate surface area is 117 Å². The molecule has 0 aliphatic heterocycles. The Balaban J connectivity index is 2.60. The minimum absolute atomic E-state index is 0.220. The lowest BCUT2D eigenvalue weighted by molar-refractivity contribution is 0.101. The highest BCUT2D eigenvalue weighted by Gasteiger charge is 2.11. The summed E-state index contributed by atoms with van der Waals surface area (Å²) in [4.78, 5) is 2.31. The molecule has 0 amide bonds. The lowest BCUT2D eigenvalue weighted by Gasteiger charge is -2.24. The minimum Gasteiger partial charge on any atom is -0.497 e. The smallest absolute Gasteiger partial charge is 0.119 e. The fraction of sp³-hybridized carbons (Fsp3) is 0.625. The number of ether oxygens (including phenoxy) is 1. The maximum absolute atomic E-state index is 9.96. The van der Waals surface area contributed by atoms with Crippen molar-refractivity contribution in [3.8, 4) is 5.75 Å². The highest BCUT2D eigenvalue weighted by molar-refractivity contribution is 5.28. The van der Waals surface area contributed by atoms with E-state index in [1.165, 1.54) is 5.56 Å². The first-order valence-corrected chi connectivity index (χ1v) is 7.22. The number of aliphatic hydroxyl groups is 1. The molecule has 108 valence electrons. The van der Waals surface area contributed by atoms with Gasteiger partial charge in [0.2, 0.25) is 0 Å². The summed E-state index contributed by atoms with van der Waals surface area (Å²) >= 11 is 0. The predicted molar refractivity (Wildman–Crippen MR) is 79.5 cm³/mol. The van der Waals surface area contributed by atoms with E-state index in [-0.39, 0.29) is 6.10 Å². The van der Waals surface area contributed by atoms with Gasteiger partial charge in [0, 0.05) is 13.1 Å². The summed E-state index contributed by atoms with van der Waals surface area (Å²) in [5, 5.41) is 9.96. The van der Waals surface area contributed by atoms with Crippen LogP contribution < -0.4 is 4.74 Å². The van der Waals surface area contributed by atoms with E-state index in [9.17, 15) is 5.11 Å². The second-order valence-corrected chi connectivity index (χ2v) is 5.03. The van der Waals surface area contributed by atoms with Gasteiger partial charge in [-0.05, 0) is 37.1 Å². The van der Waals surface area contributed by atoms with E-state index >= 15 is 0 Å². The molecule has 1 N–H and O–H groups in total. The first-order chi connectivity index (χ1) is 9.19. The van der Waals surface area contributed by atoms with Crippen LogP contribution in [0.25, 0.3) is 0 Å². The van der Waals surface area contributed by atoms with Gasteiger partial charge in [0.25, 0.3) is 0 Å². The number of hydrogen-bond acceptors (Lipinski definition) is 3. The van der Waals surface area contributed by atoms with E-state index in [0.29, 0.717) is 0 Å². The molecule has 0 aliphatic rings. The third-order valence-electron chi connectivity index (χ3n) is 3.17. The maximum Gasteiger partial charge on any atom is 0.119 e. The van der Waals surface area contributed by atoms with Gasteiger partial charge in [0.1, 0.15) is 5.75 Å². The van der Waals surface area contributed by atoms with Crippen LogP contribution in [-0.2, 0) is 6.54 Å². The van der Waals surface area contributed by atoms with Gasteiger partial charge in [0.15, 0.2) is 0 Å². The van der Waals surface area contributed by atoms with Gasteiger partial charge in [0.05, 0.1) is 13.2 Å². The second-order valence-electron chi connectivity index (χ2n) is 5.03. The van der Waals surface area contributed by atoms with Crippen molar-refractivity contribution in [2.75, 3.05) is 20.2 Å². The molecule has 1 aromatic rings. The average molecular weight is 265 g/mol. The molecular weight excluding hydrogens is 238 g/mol. The molecule has 0 aromatic heterocycles. The van der Waals surface area contributed by atoms with Crippen molar-refractivity contribution in [2.45, 2.75) is 45.8 Å². The highest BCUT2D eigenvalue weighted by Crippen LogP contribution is 2.15. The quantitative estimate of drug-likeness (QED) is 0.745. The van der Waals surface area contributed by atoms with E-state index < -0.39 is 0 Å². The summed E-state index contributed by atoms with van der Waals surface area (Å²) in [7, 11) is 1.69. The number of methoxy groups -OCH3 is 1.